The van der Waals surface area contributed by atoms with Gasteiger partial charge in [-0.05, 0) is 42.5 Å². The summed E-state index contributed by atoms with van der Waals surface area (Å²) >= 11 is 6.52. The van der Waals surface area contributed by atoms with Crippen molar-refractivity contribution in [3.8, 4) is 22.8 Å². The lowest BCUT2D eigenvalue weighted by Crippen LogP contribution is -2.19. The van der Waals surface area contributed by atoms with Gasteiger partial charge in [-0.2, -0.15) is 0 Å². The summed E-state index contributed by atoms with van der Waals surface area (Å²) in [5.74, 6) is 0.0285. The van der Waals surface area contributed by atoms with Crippen LogP contribution in [0.1, 0.15) is 13.8 Å². The molecule has 3 heterocycles. The predicted molar refractivity (Wildman–Crippen MR) is 142 cm³/mol. The molecule has 0 bridgehead atoms. The number of halogens is 2. The van der Waals surface area contributed by atoms with Crippen LogP contribution in [0.3, 0.4) is 0 Å². The molecule has 37 heavy (non-hydrogen) atoms. The van der Waals surface area contributed by atoms with Crippen LogP contribution in [0, 0.1) is 5.82 Å². The highest BCUT2D eigenvalue weighted by Gasteiger charge is 2.18. The number of ether oxygens (including phenoxy) is 1. The Bertz CT molecular complexity index is 1640. The largest absolute Gasteiger partial charge is 0.479 e. The molecule has 1 N–H and O–H groups in total. The van der Waals surface area contributed by atoms with Gasteiger partial charge in [0.2, 0.25) is 5.88 Å². The first-order valence-electron chi connectivity index (χ1n) is 11.2. The van der Waals surface area contributed by atoms with Gasteiger partial charge in [0, 0.05) is 23.1 Å². The second-order valence-corrected chi connectivity index (χ2v) is 8.96. The third-order valence-corrected chi connectivity index (χ3v) is 6.53. The van der Waals surface area contributed by atoms with Crippen molar-refractivity contribution in [1.29, 1.82) is 0 Å². The predicted octanol–water partition coefficient (Wildman–Crippen LogP) is 6.00. The molecule has 1 unspecified atom stereocenters. The molecule has 0 fully saturated rings. The molecule has 3 aromatic heterocycles. The van der Waals surface area contributed by atoms with E-state index in [4.69, 9.17) is 20.9 Å². The maximum atomic E-state index is 13.8. The molecule has 1 atom stereocenters. The summed E-state index contributed by atoms with van der Waals surface area (Å²) in [4.78, 5) is 17.9. The van der Waals surface area contributed by atoms with Gasteiger partial charge < -0.3 is 9.26 Å². The number of rotatable bonds is 6. The number of fused-ring (bicyclic) bond motifs is 1. The lowest BCUT2D eigenvalue weighted by Gasteiger charge is -2.16. The highest BCUT2D eigenvalue weighted by Crippen LogP contribution is 2.34. The fourth-order valence-corrected chi connectivity index (χ4v) is 4.71. The zero-order valence-corrected chi connectivity index (χ0v) is 21.6. The quantitative estimate of drug-likeness (QED) is 0.283. The maximum Gasteiger partial charge on any atom is 0.255 e. The summed E-state index contributed by atoms with van der Waals surface area (Å²) < 4.78 is 40.8. The number of nitrogens with zero attached hydrogens (tertiary/aromatic N) is 3. The molecule has 0 radical (unpaired) electrons. The van der Waals surface area contributed by atoms with Crippen molar-refractivity contribution in [2.24, 2.45) is 0 Å². The molecular weight excluding hydrogens is 519 g/mol. The van der Waals surface area contributed by atoms with Crippen molar-refractivity contribution in [3.63, 3.8) is 0 Å². The molecular formula is C26H22ClFN4O4S. The number of methoxy groups -OCH3 is 1. The van der Waals surface area contributed by atoms with Crippen LogP contribution in [0.25, 0.3) is 27.8 Å². The van der Waals surface area contributed by atoms with Gasteiger partial charge >= 0.3 is 0 Å². The van der Waals surface area contributed by atoms with Crippen molar-refractivity contribution in [2.45, 2.75) is 18.7 Å². The van der Waals surface area contributed by atoms with Gasteiger partial charge in [-0.3, -0.25) is 14.1 Å². The molecule has 2 aromatic carbocycles. The van der Waals surface area contributed by atoms with Gasteiger partial charge in [0.1, 0.15) is 17.8 Å². The number of anilines is 1. The van der Waals surface area contributed by atoms with E-state index < -0.39 is 16.8 Å². The molecule has 0 amide bonds. The molecule has 0 saturated heterocycles. The van der Waals surface area contributed by atoms with E-state index in [1.807, 2.05) is 13.8 Å². The highest BCUT2D eigenvalue weighted by molar-refractivity contribution is 7.86. The minimum atomic E-state index is -1.61. The summed E-state index contributed by atoms with van der Waals surface area (Å²) in [6, 6.07) is 17.0. The van der Waals surface area contributed by atoms with Crippen molar-refractivity contribution in [1.82, 2.24) is 14.7 Å². The summed E-state index contributed by atoms with van der Waals surface area (Å²) in [5.41, 5.74) is 1.27. The minimum absolute atomic E-state index is 0.128. The van der Waals surface area contributed by atoms with Crippen molar-refractivity contribution in [2.75, 3.05) is 11.8 Å². The fourth-order valence-electron chi connectivity index (χ4n) is 3.62. The van der Waals surface area contributed by atoms with E-state index >= 15 is 0 Å². The van der Waals surface area contributed by atoms with E-state index in [0.717, 1.165) is 0 Å². The van der Waals surface area contributed by atoms with Gasteiger partial charge in [-0.25, -0.2) is 13.6 Å². The molecule has 190 valence electrons. The van der Waals surface area contributed by atoms with Crippen LogP contribution in [-0.2, 0) is 11.0 Å². The minimum Gasteiger partial charge on any atom is -0.479 e. The van der Waals surface area contributed by atoms with Crippen LogP contribution in [0.2, 0.25) is 5.02 Å². The Morgan fingerprint density at radius 3 is 2.59 bits per heavy atom. The summed E-state index contributed by atoms with van der Waals surface area (Å²) in [7, 11) is -0.191. The number of nitrogens with one attached hydrogen (secondary N) is 1. The smallest absolute Gasteiger partial charge is 0.255 e. The summed E-state index contributed by atoms with van der Waals surface area (Å²) in [6.07, 6.45) is 1.37. The Hall–Kier alpha value is -4.02. The topological polar surface area (TPSA) is 99.2 Å². The number of aromatic nitrogens is 3. The van der Waals surface area contributed by atoms with Crippen LogP contribution < -0.4 is 15.0 Å². The Kier molecular flexibility index (Phi) is 8.00. The second kappa shape index (κ2) is 11.4. The van der Waals surface area contributed by atoms with E-state index in [1.54, 1.807) is 48.5 Å². The number of hydrogen-bond donors (Lipinski definition) is 1. The van der Waals surface area contributed by atoms with Crippen molar-refractivity contribution >= 4 is 39.3 Å². The van der Waals surface area contributed by atoms with Crippen molar-refractivity contribution in [3.05, 3.63) is 94.2 Å². The Labute approximate surface area is 219 Å². The normalized spacial score (nSPS) is 11.5. The van der Waals surface area contributed by atoms with Crippen LogP contribution in [-0.4, -0.2) is 26.0 Å². The molecule has 0 aliphatic carbocycles. The van der Waals surface area contributed by atoms with Crippen molar-refractivity contribution < 1.29 is 17.9 Å². The number of hydrogen-bond acceptors (Lipinski definition) is 6. The fraction of sp³-hybridized carbons (Fsp3) is 0.115. The molecule has 0 spiro atoms. The first-order chi connectivity index (χ1) is 17.9. The molecule has 0 aliphatic rings. The third-order valence-electron chi connectivity index (χ3n) is 5.17. The average molecular weight is 541 g/mol. The van der Waals surface area contributed by atoms with E-state index in [-0.39, 0.29) is 16.5 Å². The van der Waals surface area contributed by atoms with Crippen LogP contribution in [0.15, 0.2) is 87.2 Å². The molecule has 0 saturated carbocycles. The summed E-state index contributed by atoms with van der Waals surface area (Å²) in [5, 5.41) is 4.55. The molecule has 5 rings (SSSR count). The lowest BCUT2D eigenvalue weighted by molar-refractivity contribution is 0.396. The SMILES string of the molecule is CC.COc1nc(-c2cccc(F)c2)c(Cl)cc1-n1c(=O)ccc2cc(S(=O)Nc3ccon3)ccc21. The van der Waals surface area contributed by atoms with Gasteiger partial charge in [-0.15, -0.1) is 0 Å². The van der Waals surface area contributed by atoms with E-state index in [9.17, 15) is 13.4 Å². The summed E-state index contributed by atoms with van der Waals surface area (Å²) in [6.45, 7) is 4.00. The highest BCUT2D eigenvalue weighted by atomic mass is 35.5. The standard InChI is InChI=1S/C24H16ClFN4O4S.C2H6/c1-33-24-20(13-18(25)23(27-24)15-3-2-4-16(26)11-15)30-19-7-6-17(12-14(19)5-8-22(30)31)35(32)29-21-9-10-34-28-21;1-2/h2-13H,1H3,(H,28,29);1-2H3. The van der Waals surface area contributed by atoms with E-state index in [2.05, 4.69) is 14.9 Å². The van der Waals surface area contributed by atoms with E-state index in [0.29, 0.717) is 38.6 Å². The van der Waals surface area contributed by atoms with Gasteiger partial charge in [-0.1, -0.05) is 42.7 Å². The van der Waals surface area contributed by atoms with Crippen LogP contribution in [0.5, 0.6) is 5.88 Å². The van der Waals surface area contributed by atoms with Gasteiger partial charge in [0.15, 0.2) is 16.8 Å². The average Bonchev–Trinajstić information content (AvgIpc) is 3.42. The number of pyridine rings is 2. The second-order valence-electron chi connectivity index (χ2n) is 7.34. The Morgan fingerprint density at radius 2 is 1.89 bits per heavy atom. The van der Waals surface area contributed by atoms with Gasteiger partial charge in [0.25, 0.3) is 5.56 Å². The third kappa shape index (κ3) is 5.40. The molecule has 5 aromatic rings. The van der Waals surface area contributed by atoms with Crippen LogP contribution >= 0.6 is 11.6 Å². The molecule has 8 nitrogen and oxygen atoms in total. The first kappa shape index (κ1) is 26.1. The monoisotopic (exact) mass is 540 g/mol. The van der Waals surface area contributed by atoms with E-state index in [1.165, 1.54) is 36.1 Å². The van der Waals surface area contributed by atoms with Gasteiger partial charge in [0.05, 0.1) is 28.2 Å². The molecule has 0 aliphatic heterocycles. The Morgan fingerprint density at radius 1 is 1.08 bits per heavy atom. The first-order valence-corrected chi connectivity index (χ1v) is 12.7. The lowest BCUT2D eigenvalue weighted by atomic mass is 10.1. The zero-order chi connectivity index (χ0) is 26.5. The zero-order valence-electron chi connectivity index (χ0n) is 20.1. The maximum absolute atomic E-state index is 13.8. The molecule has 11 heteroatoms. The Balaban J connectivity index is 0.00000156. The van der Waals surface area contributed by atoms with Crippen LogP contribution in [0.4, 0.5) is 10.2 Å². The number of benzene rings is 2.